The molecule has 4 heteroatoms. The zero-order valence-electron chi connectivity index (χ0n) is 9.40. The third kappa shape index (κ3) is 1.87. The van der Waals surface area contributed by atoms with Crippen LogP contribution in [0, 0.1) is 6.92 Å². The van der Waals surface area contributed by atoms with E-state index in [2.05, 4.69) is 15.9 Å². The highest BCUT2D eigenvalue weighted by Gasteiger charge is 2.36. The van der Waals surface area contributed by atoms with Crippen LogP contribution in [0.25, 0.3) is 0 Å². The number of hydrogen-bond donors (Lipinski definition) is 1. The molecule has 0 bridgehead atoms. The topological polar surface area (TPSA) is 46.3 Å². The molecule has 0 saturated carbocycles. The van der Waals surface area contributed by atoms with Crippen molar-refractivity contribution < 1.29 is 4.79 Å². The first-order valence-corrected chi connectivity index (χ1v) is 6.14. The third-order valence-electron chi connectivity index (χ3n) is 3.07. The molecule has 0 aliphatic carbocycles. The zero-order chi connectivity index (χ0) is 11.9. The van der Waals surface area contributed by atoms with Crippen molar-refractivity contribution in [1.29, 1.82) is 0 Å². The van der Waals surface area contributed by atoms with Crippen molar-refractivity contribution in [1.82, 2.24) is 0 Å². The highest BCUT2D eigenvalue weighted by Crippen LogP contribution is 2.32. The molecule has 1 fully saturated rings. The van der Waals surface area contributed by atoms with Crippen molar-refractivity contribution in [3.63, 3.8) is 0 Å². The quantitative estimate of drug-likeness (QED) is 0.859. The Bertz CT molecular complexity index is 433. The van der Waals surface area contributed by atoms with E-state index in [0.29, 0.717) is 6.42 Å². The van der Waals surface area contributed by atoms with Crippen LogP contribution in [0.1, 0.15) is 18.9 Å². The van der Waals surface area contributed by atoms with Gasteiger partial charge >= 0.3 is 0 Å². The van der Waals surface area contributed by atoms with Gasteiger partial charge in [-0.3, -0.25) is 4.79 Å². The number of hydrogen-bond acceptors (Lipinski definition) is 2. The molecule has 0 aromatic heterocycles. The minimum absolute atomic E-state index is 0.0616. The smallest absolute Gasteiger partial charge is 0.228 e. The van der Waals surface area contributed by atoms with E-state index in [1.165, 1.54) is 5.56 Å². The molecule has 1 aliphatic heterocycles. The van der Waals surface area contributed by atoms with Gasteiger partial charge in [-0.2, -0.15) is 0 Å². The van der Waals surface area contributed by atoms with Crippen molar-refractivity contribution in [2.75, 3.05) is 4.90 Å². The van der Waals surface area contributed by atoms with Gasteiger partial charge in [-0.05, 0) is 47.5 Å². The molecule has 1 aliphatic rings. The van der Waals surface area contributed by atoms with Crippen LogP contribution in [0.2, 0.25) is 0 Å². The molecule has 1 amide bonds. The fourth-order valence-electron chi connectivity index (χ4n) is 2.05. The summed E-state index contributed by atoms with van der Waals surface area (Å²) < 4.78 is 0.946. The molecule has 2 unspecified atom stereocenters. The molecule has 1 saturated heterocycles. The average molecular weight is 283 g/mol. The lowest BCUT2D eigenvalue weighted by atomic mass is 10.1. The Hall–Kier alpha value is -0.870. The Kier molecular flexibility index (Phi) is 3.04. The molecule has 16 heavy (non-hydrogen) atoms. The highest BCUT2D eigenvalue weighted by molar-refractivity contribution is 9.10. The Morgan fingerprint density at radius 1 is 1.50 bits per heavy atom. The second-order valence-corrected chi connectivity index (χ2v) is 5.18. The second-order valence-electron chi connectivity index (χ2n) is 4.33. The number of aryl methyl sites for hydroxylation is 1. The highest BCUT2D eigenvalue weighted by atomic mass is 79.9. The summed E-state index contributed by atoms with van der Waals surface area (Å²) in [6.07, 6.45) is 0.432. The Morgan fingerprint density at radius 2 is 2.19 bits per heavy atom. The standard InChI is InChI=1S/C12H15BrN2O/c1-7-3-4-11(9(13)5-7)15-8(2)10(14)6-12(15)16/h3-5,8,10H,6,14H2,1-2H3. The van der Waals surface area contributed by atoms with E-state index in [4.69, 9.17) is 5.73 Å². The summed E-state index contributed by atoms with van der Waals surface area (Å²) in [5.74, 6) is 0.101. The van der Waals surface area contributed by atoms with E-state index in [9.17, 15) is 4.79 Å². The fourth-order valence-corrected chi connectivity index (χ4v) is 2.73. The number of anilines is 1. The van der Waals surface area contributed by atoms with E-state index < -0.39 is 0 Å². The van der Waals surface area contributed by atoms with E-state index in [1.54, 1.807) is 4.90 Å². The van der Waals surface area contributed by atoms with Crippen molar-refractivity contribution >= 4 is 27.5 Å². The van der Waals surface area contributed by atoms with Crippen LogP contribution in [-0.2, 0) is 4.79 Å². The van der Waals surface area contributed by atoms with E-state index in [-0.39, 0.29) is 18.0 Å². The minimum Gasteiger partial charge on any atom is -0.325 e. The largest absolute Gasteiger partial charge is 0.325 e. The average Bonchev–Trinajstić information content (AvgIpc) is 2.43. The van der Waals surface area contributed by atoms with Gasteiger partial charge in [0.05, 0.1) is 5.69 Å². The predicted octanol–water partition coefficient (Wildman–Crippen LogP) is 2.21. The number of halogens is 1. The van der Waals surface area contributed by atoms with E-state index in [1.807, 2.05) is 32.0 Å². The Morgan fingerprint density at radius 3 is 2.69 bits per heavy atom. The van der Waals surface area contributed by atoms with Crippen LogP contribution in [0.4, 0.5) is 5.69 Å². The summed E-state index contributed by atoms with van der Waals surface area (Å²) in [7, 11) is 0. The maximum Gasteiger partial charge on any atom is 0.228 e. The SMILES string of the molecule is Cc1ccc(N2C(=O)CC(N)C2C)c(Br)c1. The Labute approximate surface area is 104 Å². The van der Waals surface area contributed by atoms with E-state index >= 15 is 0 Å². The van der Waals surface area contributed by atoms with Crippen LogP contribution >= 0.6 is 15.9 Å². The van der Waals surface area contributed by atoms with Crippen LogP contribution in [-0.4, -0.2) is 18.0 Å². The second kappa shape index (κ2) is 4.18. The van der Waals surface area contributed by atoms with Crippen molar-refractivity contribution in [3.05, 3.63) is 28.2 Å². The molecule has 1 aromatic rings. The molecule has 2 N–H and O–H groups in total. The lowest BCUT2D eigenvalue weighted by Gasteiger charge is -2.24. The normalized spacial score (nSPS) is 25.2. The number of nitrogens with zero attached hydrogens (tertiary/aromatic N) is 1. The molecule has 1 aromatic carbocycles. The summed E-state index contributed by atoms with van der Waals surface area (Å²) in [6.45, 7) is 4.01. The number of carbonyl (C=O) groups excluding carboxylic acids is 1. The molecule has 86 valence electrons. The maximum absolute atomic E-state index is 11.9. The van der Waals surface area contributed by atoms with Gasteiger partial charge in [0.25, 0.3) is 0 Å². The van der Waals surface area contributed by atoms with Crippen LogP contribution in [0.3, 0.4) is 0 Å². The van der Waals surface area contributed by atoms with Crippen molar-refractivity contribution in [2.45, 2.75) is 32.4 Å². The summed E-state index contributed by atoms with van der Waals surface area (Å²) in [6, 6.07) is 5.97. The maximum atomic E-state index is 11.9. The van der Waals surface area contributed by atoms with Gasteiger partial charge in [0.2, 0.25) is 5.91 Å². The lowest BCUT2D eigenvalue weighted by Crippen LogP contribution is -2.38. The van der Waals surface area contributed by atoms with E-state index in [0.717, 1.165) is 10.2 Å². The summed E-state index contributed by atoms with van der Waals surface area (Å²) in [4.78, 5) is 13.6. The molecule has 3 nitrogen and oxygen atoms in total. The van der Waals surface area contributed by atoms with Gasteiger partial charge < -0.3 is 10.6 Å². The Balaban J connectivity index is 2.40. The number of benzene rings is 1. The molecule has 2 atom stereocenters. The summed E-state index contributed by atoms with van der Waals surface area (Å²) in [5, 5.41) is 0. The van der Waals surface area contributed by atoms with Gasteiger partial charge in [-0.25, -0.2) is 0 Å². The minimum atomic E-state index is -0.0688. The number of nitrogens with two attached hydrogens (primary N) is 1. The number of rotatable bonds is 1. The molecule has 0 spiro atoms. The lowest BCUT2D eigenvalue weighted by molar-refractivity contribution is -0.117. The summed E-state index contributed by atoms with van der Waals surface area (Å²) >= 11 is 3.50. The monoisotopic (exact) mass is 282 g/mol. The van der Waals surface area contributed by atoms with Gasteiger partial charge in [0.1, 0.15) is 0 Å². The first-order chi connectivity index (χ1) is 7.50. The molecule has 2 rings (SSSR count). The van der Waals surface area contributed by atoms with Crippen molar-refractivity contribution in [3.8, 4) is 0 Å². The van der Waals surface area contributed by atoms with Gasteiger partial charge in [0.15, 0.2) is 0 Å². The zero-order valence-corrected chi connectivity index (χ0v) is 11.0. The fraction of sp³-hybridized carbons (Fsp3) is 0.417. The van der Waals surface area contributed by atoms with Crippen LogP contribution in [0.15, 0.2) is 22.7 Å². The molecular weight excluding hydrogens is 268 g/mol. The number of carbonyl (C=O) groups is 1. The number of amides is 1. The van der Waals surface area contributed by atoms with Crippen molar-refractivity contribution in [2.24, 2.45) is 5.73 Å². The van der Waals surface area contributed by atoms with Gasteiger partial charge in [0, 0.05) is 23.0 Å². The van der Waals surface area contributed by atoms with Gasteiger partial charge in [-0.15, -0.1) is 0 Å². The van der Waals surface area contributed by atoms with Crippen LogP contribution in [0.5, 0.6) is 0 Å². The predicted molar refractivity (Wildman–Crippen MR) is 68.4 cm³/mol. The summed E-state index contributed by atoms with van der Waals surface area (Å²) in [5.41, 5.74) is 7.98. The molecule has 0 radical (unpaired) electrons. The first-order valence-electron chi connectivity index (χ1n) is 5.34. The first kappa shape index (κ1) is 11.6. The molecular formula is C12H15BrN2O. The third-order valence-corrected chi connectivity index (χ3v) is 3.70. The van der Waals surface area contributed by atoms with Crippen LogP contribution < -0.4 is 10.6 Å². The molecule has 1 heterocycles. The van der Waals surface area contributed by atoms with Gasteiger partial charge in [-0.1, -0.05) is 6.07 Å².